The maximum Gasteiger partial charge on any atom is 0.326 e. The van der Waals surface area contributed by atoms with Crippen molar-refractivity contribution < 1.29 is 24.3 Å². The number of hydrogen-bond donors (Lipinski definition) is 8. The van der Waals surface area contributed by atoms with E-state index in [2.05, 4.69) is 33.9 Å². The first kappa shape index (κ1) is 28.1. The predicted molar refractivity (Wildman–Crippen MR) is 124 cm³/mol. The Labute approximate surface area is 194 Å². The zero-order valence-corrected chi connectivity index (χ0v) is 19.4. The molecule has 1 rings (SSSR count). The number of aliphatic carboxylic acids is 1. The van der Waals surface area contributed by atoms with E-state index >= 15 is 0 Å². The summed E-state index contributed by atoms with van der Waals surface area (Å²) < 4.78 is 0. The molecule has 0 aromatic rings. The Bertz CT molecular complexity index is 617. The van der Waals surface area contributed by atoms with E-state index in [4.69, 9.17) is 11.5 Å². The van der Waals surface area contributed by atoms with Gasteiger partial charge < -0.3 is 37.8 Å². The highest BCUT2D eigenvalue weighted by Gasteiger charge is 2.30. The number of carboxylic acids is 1. The van der Waals surface area contributed by atoms with Gasteiger partial charge in [0.05, 0.1) is 6.04 Å². The molecule has 184 valence electrons. The van der Waals surface area contributed by atoms with Crippen LogP contribution >= 0.6 is 12.6 Å². The molecule has 3 amide bonds. The molecule has 0 saturated carbocycles. The average Bonchev–Trinajstić information content (AvgIpc) is 3.31. The molecular formula is C20H38N6O5S. The number of carboxylic acid groups (broad SMARTS) is 1. The molecule has 0 spiro atoms. The number of nitrogens with one attached hydrogen (secondary N) is 4. The second kappa shape index (κ2) is 15.8. The molecular weight excluding hydrogens is 436 g/mol. The van der Waals surface area contributed by atoms with Gasteiger partial charge in [0.1, 0.15) is 18.1 Å². The van der Waals surface area contributed by atoms with Gasteiger partial charge in [-0.1, -0.05) is 0 Å². The van der Waals surface area contributed by atoms with Crippen molar-refractivity contribution in [2.45, 2.75) is 75.5 Å². The van der Waals surface area contributed by atoms with Gasteiger partial charge >= 0.3 is 5.97 Å². The van der Waals surface area contributed by atoms with Crippen LogP contribution in [0.1, 0.15) is 51.4 Å². The monoisotopic (exact) mass is 474 g/mol. The Morgan fingerprint density at radius 1 is 0.906 bits per heavy atom. The fraction of sp³-hybridized carbons (Fsp3) is 0.800. The van der Waals surface area contributed by atoms with Gasteiger partial charge in [0, 0.05) is 5.75 Å². The van der Waals surface area contributed by atoms with Crippen LogP contribution in [0.3, 0.4) is 0 Å². The summed E-state index contributed by atoms with van der Waals surface area (Å²) in [7, 11) is 0. The number of thiol groups is 1. The van der Waals surface area contributed by atoms with Gasteiger partial charge in [-0.2, -0.15) is 12.6 Å². The molecule has 4 atom stereocenters. The normalized spacial score (nSPS) is 18.4. The molecule has 1 saturated heterocycles. The summed E-state index contributed by atoms with van der Waals surface area (Å²) in [4.78, 5) is 49.4. The maximum absolute atomic E-state index is 12.9. The van der Waals surface area contributed by atoms with Crippen molar-refractivity contribution >= 4 is 36.3 Å². The van der Waals surface area contributed by atoms with Crippen molar-refractivity contribution in [2.75, 3.05) is 25.4 Å². The molecule has 4 unspecified atom stereocenters. The molecule has 0 aromatic heterocycles. The number of nitrogens with two attached hydrogens (primary N) is 2. The van der Waals surface area contributed by atoms with Crippen molar-refractivity contribution in [1.29, 1.82) is 0 Å². The van der Waals surface area contributed by atoms with Crippen LogP contribution in [0.2, 0.25) is 0 Å². The van der Waals surface area contributed by atoms with Gasteiger partial charge in [0.2, 0.25) is 17.7 Å². The van der Waals surface area contributed by atoms with Crippen LogP contribution in [0.4, 0.5) is 0 Å². The fourth-order valence-electron chi connectivity index (χ4n) is 3.43. The summed E-state index contributed by atoms with van der Waals surface area (Å²) in [5.74, 6) is -2.60. The predicted octanol–water partition coefficient (Wildman–Crippen LogP) is -1.53. The van der Waals surface area contributed by atoms with Crippen LogP contribution in [0, 0.1) is 0 Å². The second-order valence-corrected chi connectivity index (χ2v) is 8.29. The van der Waals surface area contributed by atoms with Gasteiger partial charge in [-0.25, -0.2) is 4.79 Å². The largest absolute Gasteiger partial charge is 0.480 e. The highest BCUT2D eigenvalue weighted by Crippen LogP contribution is 2.08. The second-order valence-electron chi connectivity index (χ2n) is 7.92. The topological polar surface area (TPSA) is 189 Å². The van der Waals surface area contributed by atoms with Crippen LogP contribution in [0.15, 0.2) is 0 Å². The van der Waals surface area contributed by atoms with Gasteiger partial charge in [-0.05, 0) is 71.0 Å². The number of carbonyl (C=O) groups is 4. The molecule has 11 nitrogen and oxygen atoms in total. The Balaban J connectivity index is 2.74. The maximum atomic E-state index is 12.9. The van der Waals surface area contributed by atoms with Crippen LogP contribution in [-0.4, -0.2) is 78.4 Å². The van der Waals surface area contributed by atoms with E-state index in [9.17, 15) is 24.3 Å². The minimum Gasteiger partial charge on any atom is -0.480 e. The molecule has 0 radical (unpaired) electrons. The quantitative estimate of drug-likeness (QED) is 0.0976. The highest BCUT2D eigenvalue weighted by atomic mass is 32.1. The Morgan fingerprint density at radius 3 is 1.97 bits per heavy atom. The van der Waals surface area contributed by atoms with Crippen LogP contribution < -0.4 is 32.7 Å². The van der Waals surface area contributed by atoms with Crippen LogP contribution in [0.5, 0.6) is 0 Å². The lowest BCUT2D eigenvalue weighted by molar-refractivity contribution is -0.142. The van der Waals surface area contributed by atoms with Crippen molar-refractivity contribution in [3.05, 3.63) is 0 Å². The van der Waals surface area contributed by atoms with Gasteiger partial charge in [0.25, 0.3) is 0 Å². The van der Waals surface area contributed by atoms with Crippen LogP contribution in [-0.2, 0) is 19.2 Å². The van der Waals surface area contributed by atoms with E-state index in [1.54, 1.807) is 0 Å². The van der Waals surface area contributed by atoms with Crippen molar-refractivity contribution in [1.82, 2.24) is 21.3 Å². The molecule has 1 aliphatic heterocycles. The first-order valence-corrected chi connectivity index (χ1v) is 11.9. The average molecular weight is 475 g/mol. The Hall–Kier alpha value is -1.89. The fourth-order valence-corrected chi connectivity index (χ4v) is 3.69. The number of hydrogen-bond acceptors (Lipinski definition) is 8. The number of unbranched alkanes of at least 4 members (excludes halogenated alkanes) is 2. The van der Waals surface area contributed by atoms with Crippen molar-refractivity contribution in [3.8, 4) is 0 Å². The van der Waals surface area contributed by atoms with Gasteiger partial charge in [-0.15, -0.1) is 0 Å². The first-order chi connectivity index (χ1) is 15.3. The zero-order chi connectivity index (χ0) is 23.9. The molecule has 0 bridgehead atoms. The SMILES string of the molecule is NCCCCC(NC(=O)C(CS)NC(=O)C(CCCCN)NC(=O)C1CCCN1)C(=O)O. The number of rotatable bonds is 16. The van der Waals surface area contributed by atoms with E-state index in [1.807, 2.05) is 0 Å². The van der Waals surface area contributed by atoms with E-state index < -0.39 is 35.9 Å². The Morgan fingerprint density at radius 2 is 1.47 bits per heavy atom. The van der Waals surface area contributed by atoms with Crippen molar-refractivity contribution in [3.63, 3.8) is 0 Å². The third-order valence-corrected chi connectivity index (χ3v) is 5.70. The summed E-state index contributed by atoms with van der Waals surface area (Å²) in [6, 6.07) is -3.29. The lowest BCUT2D eigenvalue weighted by atomic mass is 10.1. The highest BCUT2D eigenvalue weighted by molar-refractivity contribution is 7.80. The summed E-state index contributed by atoms with van der Waals surface area (Å²) >= 11 is 4.13. The lowest BCUT2D eigenvalue weighted by Crippen LogP contribution is -2.57. The molecule has 32 heavy (non-hydrogen) atoms. The third kappa shape index (κ3) is 10.2. The number of amides is 3. The zero-order valence-electron chi connectivity index (χ0n) is 18.5. The molecule has 9 N–H and O–H groups in total. The minimum absolute atomic E-state index is 0.0274. The molecule has 0 aromatic carbocycles. The summed E-state index contributed by atoms with van der Waals surface area (Å²) in [6.07, 6.45) is 4.72. The first-order valence-electron chi connectivity index (χ1n) is 11.2. The molecule has 0 aliphatic carbocycles. The molecule has 12 heteroatoms. The van der Waals surface area contributed by atoms with Gasteiger partial charge in [0.15, 0.2) is 0 Å². The summed E-state index contributed by atoms with van der Waals surface area (Å²) in [5, 5.41) is 20.2. The Kier molecular flexibility index (Phi) is 13.9. The standard InChI is InChI=1S/C20H38N6O5S/c21-9-3-1-6-14(24-17(27)13-8-5-11-23-13)18(28)26-16(12-32)19(29)25-15(20(30)31)7-2-4-10-22/h13-16,23,32H,1-12,21-22H2,(H,24,27)(H,25,29)(H,26,28)(H,30,31). The summed E-state index contributed by atoms with van der Waals surface area (Å²) in [5.41, 5.74) is 11.0. The van der Waals surface area contributed by atoms with E-state index in [0.717, 1.165) is 13.0 Å². The van der Waals surface area contributed by atoms with Crippen LogP contribution in [0.25, 0.3) is 0 Å². The molecule has 1 aliphatic rings. The van der Waals surface area contributed by atoms with E-state index in [-0.39, 0.29) is 24.1 Å². The molecule has 1 fully saturated rings. The number of carbonyl (C=O) groups excluding carboxylic acids is 3. The van der Waals surface area contributed by atoms with Gasteiger partial charge in [-0.3, -0.25) is 14.4 Å². The van der Waals surface area contributed by atoms with E-state index in [1.165, 1.54) is 0 Å². The van der Waals surface area contributed by atoms with E-state index in [0.29, 0.717) is 51.6 Å². The third-order valence-electron chi connectivity index (χ3n) is 5.33. The minimum atomic E-state index is -1.16. The van der Waals surface area contributed by atoms with Crippen molar-refractivity contribution in [2.24, 2.45) is 11.5 Å². The smallest absolute Gasteiger partial charge is 0.326 e. The summed E-state index contributed by atoms with van der Waals surface area (Å²) in [6.45, 7) is 1.65. The molecule has 1 heterocycles. The lowest BCUT2D eigenvalue weighted by Gasteiger charge is -2.24.